The maximum Gasteiger partial charge on any atom is 0.129 e. The van der Waals surface area contributed by atoms with Crippen LogP contribution in [0.3, 0.4) is 0 Å². The quantitative estimate of drug-likeness (QED) is 0.794. The molecule has 3 N–H and O–H groups in total. The van der Waals surface area contributed by atoms with E-state index in [2.05, 4.69) is 4.98 Å². The monoisotopic (exact) mass is 222 g/mol. The SMILES string of the molecule is Cc1ccnc(N)c1C(O)C1CCOCC1. The number of nitrogens with zero attached hydrogens (tertiary/aromatic N) is 1. The van der Waals surface area contributed by atoms with E-state index in [1.165, 1.54) is 0 Å². The fourth-order valence-electron chi connectivity index (χ4n) is 2.24. The highest BCUT2D eigenvalue weighted by Crippen LogP contribution is 2.33. The van der Waals surface area contributed by atoms with E-state index < -0.39 is 6.10 Å². The van der Waals surface area contributed by atoms with Gasteiger partial charge in [-0.2, -0.15) is 0 Å². The fourth-order valence-corrected chi connectivity index (χ4v) is 2.24. The van der Waals surface area contributed by atoms with Gasteiger partial charge in [0.05, 0.1) is 6.10 Å². The van der Waals surface area contributed by atoms with Crippen LogP contribution in [0.25, 0.3) is 0 Å². The van der Waals surface area contributed by atoms with Crippen molar-refractivity contribution in [3.8, 4) is 0 Å². The standard InChI is InChI=1S/C12H18N2O2/c1-8-2-5-14-12(13)10(8)11(15)9-3-6-16-7-4-9/h2,5,9,11,15H,3-4,6-7H2,1H3,(H2,13,14). The first-order valence-corrected chi connectivity index (χ1v) is 5.67. The molecule has 4 heteroatoms. The first-order chi connectivity index (χ1) is 7.70. The zero-order valence-electron chi connectivity index (χ0n) is 9.52. The lowest BCUT2D eigenvalue weighted by Crippen LogP contribution is -2.23. The Hall–Kier alpha value is -1.13. The molecule has 1 aliphatic heterocycles. The van der Waals surface area contributed by atoms with Gasteiger partial charge in [-0.25, -0.2) is 4.98 Å². The molecule has 88 valence electrons. The normalized spacial score (nSPS) is 19.6. The zero-order valence-corrected chi connectivity index (χ0v) is 9.52. The number of ether oxygens (including phenoxy) is 1. The maximum atomic E-state index is 10.3. The van der Waals surface area contributed by atoms with Crippen molar-refractivity contribution in [2.24, 2.45) is 5.92 Å². The van der Waals surface area contributed by atoms with E-state index in [9.17, 15) is 5.11 Å². The Bertz CT molecular complexity index is 342. The predicted octanol–water partition coefficient (Wildman–Crippen LogP) is 1.43. The van der Waals surface area contributed by atoms with Gasteiger partial charge < -0.3 is 15.6 Å². The first-order valence-electron chi connectivity index (χ1n) is 5.67. The van der Waals surface area contributed by atoms with Crippen LogP contribution in [0, 0.1) is 12.8 Å². The van der Waals surface area contributed by atoms with Crippen molar-refractivity contribution in [1.29, 1.82) is 0 Å². The Balaban J connectivity index is 2.22. The van der Waals surface area contributed by atoms with E-state index >= 15 is 0 Å². The summed E-state index contributed by atoms with van der Waals surface area (Å²) in [5.41, 5.74) is 7.62. The smallest absolute Gasteiger partial charge is 0.129 e. The van der Waals surface area contributed by atoms with Crippen LogP contribution in [0.2, 0.25) is 0 Å². The molecular formula is C12H18N2O2. The van der Waals surface area contributed by atoms with Crippen LogP contribution < -0.4 is 5.73 Å². The molecule has 1 unspecified atom stereocenters. The topological polar surface area (TPSA) is 68.4 Å². The summed E-state index contributed by atoms with van der Waals surface area (Å²) < 4.78 is 5.29. The van der Waals surface area contributed by atoms with Crippen LogP contribution in [-0.2, 0) is 4.74 Å². The van der Waals surface area contributed by atoms with Gasteiger partial charge in [0.25, 0.3) is 0 Å². The van der Waals surface area contributed by atoms with Gasteiger partial charge in [-0.05, 0) is 37.3 Å². The number of hydrogen-bond donors (Lipinski definition) is 2. The molecule has 0 spiro atoms. The summed E-state index contributed by atoms with van der Waals surface area (Å²) >= 11 is 0. The summed E-state index contributed by atoms with van der Waals surface area (Å²) in [5.74, 6) is 0.679. The summed E-state index contributed by atoms with van der Waals surface area (Å²) in [4.78, 5) is 4.04. The van der Waals surface area contributed by atoms with E-state index in [1.54, 1.807) is 6.20 Å². The van der Waals surface area contributed by atoms with Gasteiger partial charge in [-0.15, -0.1) is 0 Å². The Morgan fingerprint density at radius 2 is 2.19 bits per heavy atom. The highest BCUT2D eigenvalue weighted by atomic mass is 16.5. The highest BCUT2D eigenvalue weighted by molar-refractivity contribution is 5.45. The maximum absolute atomic E-state index is 10.3. The van der Waals surface area contributed by atoms with Crippen LogP contribution in [0.4, 0.5) is 5.82 Å². The molecule has 1 atom stereocenters. The van der Waals surface area contributed by atoms with Crippen molar-refractivity contribution >= 4 is 5.82 Å². The summed E-state index contributed by atoms with van der Waals surface area (Å²) in [7, 11) is 0. The van der Waals surface area contributed by atoms with Gasteiger partial charge in [0.1, 0.15) is 5.82 Å². The highest BCUT2D eigenvalue weighted by Gasteiger charge is 2.26. The Labute approximate surface area is 95.4 Å². The predicted molar refractivity (Wildman–Crippen MR) is 61.9 cm³/mol. The largest absolute Gasteiger partial charge is 0.388 e. The van der Waals surface area contributed by atoms with Crippen LogP contribution in [-0.4, -0.2) is 23.3 Å². The lowest BCUT2D eigenvalue weighted by molar-refractivity contribution is 0.00713. The van der Waals surface area contributed by atoms with Gasteiger partial charge in [0.15, 0.2) is 0 Å². The number of nitrogen functional groups attached to an aromatic ring is 1. The second kappa shape index (κ2) is 4.80. The molecule has 1 saturated heterocycles. The Kier molecular flexibility index (Phi) is 3.41. The third-order valence-corrected chi connectivity index (χ3v) is 3.25. The molecule has 0 amide bonds. The molecule has 2 rings (SSSR count). The van der Waals surface area contributed by atoms with Crippen molar-refractivity contribution in [2.75, 3.05) is 18.9 Å². The number of pyridine rings is 1. The van der Waals surface area contributed by atoms with E-state index in [1.807, 2.05) is 13.0 Å². The molecule has 2 heterocycles. The van der Waals surface area contributed by atoms with E-state index in [-0.39, 0.29) is 5.92 Å². The Morgan fingerprint density at radius 1 is 1.50 bits per heavy atom. The molecule has 0 aliphatic carbocycles. The van der Waals surface area contributed by atoms with Gasteiger partial charge in [-0.3, -0.25) is 0 Å². The molecule has 0 bridgehead atoms. The lowest BCUT2D eigenvalue weighted by Gasteiger charge is -2.28. The number of rotatable bonds is 2. The van der Waals surface area contributed by atoms with Gasteiger partial charge in [0, 0.05) is 25.0 Å². The van der Waals surface area contributed by atoms with Gasteiger partial charge in [0.2, 0.25) is 0 Å². The fraction of sp³-hybridized carbons (Fsp3) is 0.583. The molecule has 1 aromatic rings. The van der Waals surface area contributed by atoms with E-state index in [0.29, 0.717) is 5.82 Å². The van der Waals surface area contributed by atoms with Crippen molar-refractivity contribution in [3.63, 3.8) is 0 Å². The molecule has 4 nitrogen and oxygen atoms in total. The number of anilines is 1. The lowest BCUT2D eigenvalue weighted by atomic mass is 9.88. The minimum absolute atomic E-state index is 0.235. The minimum Gasteiger partial charge on any atom is -0.388 e. The van der Waals surface area contributed by atoms with Crippen molar-refractivity contribution < 1.29 is 9.84 Å². The van der Waals surface area contributed by atoms with Crippen LogP contribution in [0.15, 0.2) is 12.3 Å². The van der Waals surface area contributed by atoms with Gasteiger partial charge in [-0.1, -0.05) is 0 Å². The van der Waals surface area contributed by atoms with Crippen LogP contribution in [0.1, 0.15) is 30.1 Å². The molecule has 0 saturated carbocycles. The van der Waals surface area contributed by atoms with Crippen LogP contribution in [0.5, 0.6) is 0 Å². The number of aryl methyl sites for hydroxylation is 1. The summed E-state index contributed by atoms with van der Waals surface area (Å²) in [6.45, 7) is 3.40. The third kappa shape index (κ3) is 2.18. The van der Waals surface area contributed by atoms with Crippen molar-refractivity contribution in [2.45, 2.75) is 25.9 Å². The summed E-state index contributed by atoms with van der Waals surface area (Å²) in [6, 6.07) is 1.88. The second-order valence-electron chi connectivity index (χ2n) is 4.32. The van der Waals surface area contributed by atoms with Crippen molar-refractivity contribution in [3.05, 3.63) is 23.4 Å². The minimum atomic E-state index is -0.516. The number of nitrogens with two attached hydrogens (primary N) is 1. The Morgan fingerprint density at radius 3 is 2.81 bits per heavy atom. The van der Waals surface area contributed by atoms with Crippen LogP contribution >= 0.6 is 0 Å². The number of hydrogen-bond acceptors (Lipinski definition) is 4. The molecule has 1 aliphatic rings. The van der Waals surface area contributed by atoms with E-state index in [4.69, 9.17) is 10.5 Å². The average molecular weight is 222 g/mol. The van der Waals surface area contributed by atoms with E-state index in [0.717, 1.165) is 37.2 Å². The molecular weight excluding hydrogens is 204 g/mol. The number of aliphatic hydroxyl groups excluding tert-OH is 1. The molecule has 16 heavy (non-hydrogen) atoms. The van der Waals surface area contributed by atoms with Crippen molar-refractivity contribution in [1.82, 2.24) is 4.98 Å². The number of aliphatic hydroxyl groups is 1. The molecule has 1 fully saturated rings. The number of aromatic nitrogens is 1. The second-order valence-corrected chi connectivity index (χ2v) is 4.32. The van der Waals surface area contributed by atoms with Gasteiger partial charge >= 0.3 is 0 Å². The molecule has 0 aromatic carbocycles. The summed E-state index contributed by atoms with van der Waals surface area (Å²) in [5, 5.41) is 10.3. The molecule has 0 radical (unpaired) electrons. The first kappa shape index (κ1) is 11.4. The average Bonchev–Trinajstić information content (AvgIpc) is 2.30. The summed E-state index contributed by atoms with van der Waals surface area (Å²) in [6.07, 6.45) is 2.92. The third-order valence-electron chi connectivity index (χ3n) is 3.25. The zero-order chi connectivity index (χ0) is 11.5. The molecule has 1 aromatic heterocycles.